The van der Waals surface area contributed by atoms with E-state index >= 15 is 0 Å². The summed E-state index contributed by atoms with van der Waals surface area (Å²) in [5.74, 6) is 0.646. The van der Waals surface area contributed by atoms with Gasteiger partial charge in [0.05, 0.1) is 5.69 Å². The maximum Gasteiger partial charge on any atom is 0.435 e. The van der Waals surface area contributed by atoms with Crippen molar-refractivity contribution in [2.75, 3.05) is 18.0 Å². The van der Waals surface area contributed by atoms with Crippen LogP contribution in [-0.2, 0) is 6.18 Å². The monoisotopic (exact) mass is 288 g/mol. The Morgan fingerprint density at radius 3 is 2.35 bits per heavy atom. The molecule has 1 fully saturated rings. The minimum atomic E-state index is -4.38. The van der Waals surface area contributed by atoms with Crippen molar-refractivity contribution in [3.8, 4) is 0 Å². The summed E-state index contributed by atoms with van der Waals surface area (Å²) in [5, 5.41) is 0. The highest BCUT2D eigenvalue weighted by atomic mass is 19.4. The molecule has 0 spiro atoms. The van der Waals surface area contributed by atoms with Gasteiger partial charge in [0.2, 0.25) is 0 Å². The predicted octanol–water partition coefficient (Wildman–Crippen LogP) is 4.75. The van der Waals surface area contributed by atoms with E-state index in [1.165, 1.54) is 12.3 Å². The van der Waals surface area contributed by atoms with Crippen LogP contribution in [0.25, 0.3) is 0 Å². The van der Waals surface area contributed by atoms with E-state index in [1.807, 2.05) is 18.7 Å². The molecule has 0 aliphatic carbocycles. The molecule has 1 aliphatic rings. The van der Waals surface area contributed by atoms with Crippen LogP contribution in [0, 0.1) is 5.92 Å². The molecular weight excluding hydrogens is 265 g/mol. The number of hydrogen-bond donors (Lipinski definition) is 0. The van der Waals surface area contributed by atoms with Crippen LogP contribution in [0.1, 0.15) is 45.7 Å². The quantitative estimate of drug-likeness (QED) is 0.780. The first-order chi connectivity index (χ1) is 9.52. The van der Waals surface area contributed by atoms with Crippen molar-refractivity contribution < 1.29 is 13.2 Å². The number of rotatable bonds is 2. The summed E-state index contributed by atoms with van der Waals surface area (Å²) in [6, 6.07) is 3.08. The van der Waals surface area contributed by atoms with E-state index in [1.54, 1.807) is 6.07 Å². The number of alkyl halides is 3. The standard InChI is InChI=1S/C13H17F3N2.C2H6/c1-2-10-5-8-18(9-6-10)11-4-3-7-17-12(11)13(14,15)16;1-2/h3-4,7,10H,2,5-6,8-9H2,1H3;1-2H3. The van der Waals surface area contributed by atoms with Crippen molar-refractivity contribution in [2.24, 2.45) is 5.92 Å². The van der Waals surface area contributed by atoms with Gasteiger partial charge in [0.1, 0.15) is 0 Å². The Balaban J connectivity index is 0.000000956. The molecule has 1 aromatic heterocycles. The summed E-state index contributed by atoms with van der Waals surface area (Å²) < 4.78 is 38.6. The van der Waals surface area contributed by atoms with Gasteiger partial charge in [-0.2, -0.15) is 13.2 Å². The fraction of sp³-hybridized carbons (Fsp3) is 0.667. The Hall–Kier alpha value is -1.26. The first kappa shape index (κ1) is 16.8. The molecule has 0 aromatic carbocycles. The summed E-state index contributed by atoms with van der Waals surface area (Å²) in [6.07, 6.45) is -0.151. The molecular formula is C15H23F3N2. The van der Waals surface area contributed by atoms with Gasteiger partial charge in [-0.05, 0) is 30.9 Å². The Bertz CT molecular complexity index is 396. The fourth-order valence-corrected chi connectivity index (χ4v) is 2.45. The second-order valence-electron chi connectivity index (χ2n) is 4.71. The third kappa shape index (κ3) is 4.12. The van der Waals surface area contributed by atoms with Gasteiger partial charge in [0, 0.05) is 19.3 Å². The second-order valence-corrected chi connectivity index (χ2v) is 4.71. The lowest BCUT2D eigenvalue weighted by molar-refractivity contribution is -0.140. The van der Waals surface area contributed by atoms with Gasteiger partial charge >= 0.3 is 6.18 Å². The third-order valence-corrected chi connectivity index (χ3v) is 3.59. The molecule has 0 atom stereocenters. The molecule has 1 aliphatic heterocycles. The van der Waals surface area contributed by atoms with E-state index in [4.69, 9.17) is 0 Å². The number of pyridine rings is 1. The number of halogens is 3. The molecule has 0 amide bonds. The molecule has 5 heteroatoms. The maximum absolute atomic E-state index is 12.9. The van der Waals surface area contributed by atoms with Gasteiger partial charge in [-0.3, -0.25) is 0 Å². The molecule has 2 nitrogen and oxygen atoms in total. The van der Waals surface area contributed by atoms with E-state index in [2.05, 4.69) is 11.9 Å². The molecule has 1 aromatic rings. The molecule has 20 heavy (non-hydrogen) atoms. The minimum Gasteiger partial charge on any atom is -0.370 e. The summed E-state index contributed by atoms with van der Waals surface area (Å²) in [5.41, 5.74) is -0.542. The highest BCUT2D eigenvalue weighted by Gasteiger charge is 2.37. The van der Waals surface area contributed by atoms with Crippen LogP contribution in [0.3, 0.4) is 0 Å². The highest BCUT2D eigenvalue weighted by Crippen LogP contribution is 2.36. The lowest BCUT2D eigenvalue weighted by Gasteiger charge is -2.34. The molecule has 1 saturated heterocycles. The Labute approximate surface area is 119 Å². The first-order valence-electron chi connectivity index (χ1n) is 7.29. The van der Waals surface area contributed by atoms with E-state index in [0.717, 1.165) is 19.3 Å². The maximum atomic E-state index is 12.9. The largest absolute Gasteiger partial charge is 0.435 e. The van der Waals surface area contributed by atoms with Crippen LogP contribution in [0.5, 0.6) is 0 Å². The third-order valence-electron chi connectivity index (χ3n) is 3.59. The molecule has 114 valence electrons. The van der Waals surface area contributed by atoms with E-state index in [0.29, 0.717) is 19.0 Å². The predicted molar refractivity (Wildman–Crippen MR) is 75.8 cm³/mol. The Kier molecular flexibility index (Phi) is 6.30. The molecule has 2 heterocycles. The number of aromatic nitrogens is 1. The molecule has 0 radical (unpaired) electrons. The smallest absolute Gasteiger partial charge is 0.370 e. The average Bonchev–Trinajstić information content (AvgIpc) is 2.48. The summed E-state index contributed by atoms with van der Waals surface area (Å²) in [4.78, 5) is 5.31. The van der Waals surface area contributed by atoms with Gasteiger partial charge in [-0.25, -0.2) is 4.98 Å². The lowest BCUT2D eigenvalue weighted by atomic mass is 9.94. The SMILES string of the molecule is CC.CCC1CCN(c2cccnc2C(F)(F)F)CC1. The van der Waals surface area contributed by atoms with Crippen molar-refractivity contribution in [1.29, 1.82) is 0 Å². The normalized spacial score (nSPS) is 16.6. The zero-order valence-electron chi connectivity index (χ0n) is 12.4. The van der Waals surface area contributed by atoms with Crippen molar-refractivity contribution in [3.63, 3.8) is 0 Å². The summed E-state index contributed by atoms with van der Waals surface area (Å²) in [7, 11) is 0. The molecule has 0 saturated carbocycles. The van der Waals surface area contributed by atoms with Gasteiger partial charge in [0.15, 0.2) is 5.69 Å². The van der Waals surface area contributed by atoms with E-state index in [9.17, 15) is 13.2 Å². The van der Waals surface area contributed by atoms with E-state index in [-0.39, 0.29) is 5.69 Å². The van der Waals surface area contributed by atoms with Crippen molar-refractivity contribution in [3.05, 3.63) is 24.0 Å². The molecule has 0 bridgehead atoms. The highest BCUT2D eigenvalue weighted by molar-refractivity contribution is 5.52. The van der Waals surface area contributed by atoms with Crippen molar-refractivity contribution in [2.45, 2.75) is 46.2 Å². The van der Waals surface area contributed by atoms with Crippen molar-refractivity contribution in [1.82, 2.24) is 4.98 Å². The lowest BCUT2D eigenvalue weighted by Crippen LogP contribution is -2.35. The van der Waals surface area contributed by atoms with Crippen LogP contribution in [0.2, 0.25) is 0 Å². The number of anilines is 1. The Morgan fingerprint density at radius 1 is 1.25 bits per heavy atom. The van der Waals surface area contributed by atoms with Crippen LogP contribution >= 0.6 is 0 Å². The number of nitrogens with zero attached hydrogens (tertiary/aromatic N) is 2. The van der Waals surface area contributed by atoms with Crippen LogP contribution in [0.15, 0.2) is 18.3 Å². The zero-order valence-corrected chi connectivity index (χ0v) is 12.4. The van der Waals surface area contributed by atoms with Crippen LogP contribution in [0.4, 0.5) is 18.9 Å². The summed E-state index contributed by atoms with van der Waals surface area (Å²) in [6.45, 7) is 7.51. The van der Waals surface area contributed by atoms with Crippen LogP contribution < -0.4 is 4.90 Å². The number of piperidine rings is 1. The fourth-order valence-electron chi connectivity index (χ4n) is 2.45. The molecule has 2 rings (SSSR count). The first-order valence-corrected chi connectivity index (χ1v) is 7.29. The van der Waals surface area contributed by atoms with Crippen molar-refractivity contribution >= 4 is 5.69 Å². The molecule has 0 N–H and O–H groups in total. The van der Waals surface area contributed by atoms with Gasteiger partial charge in [-0.15, -0.1) is 0 Å². The average molecular weight is 288 g/mol. The van der Waals surface area contributed by atoms with E-state index < -0.39 is 11.9 Å². The minimum absolute atomic E-state index is 0.222. The van der Waals surface area contributed by atoms with Gasteiger partial charge in [0.25, 0.3) is 0 Å². The van der Waals surface area contributed by atoms with Gasteiger partial charge < -0.3 is 4.90 Å². The Morgan fingerprint density at radius 2 is 1.85 bits per heavy atom. The summed E-state index contributed by atoms with van der Waals surface area (Å²) >= 11 is 0. The van der Waals surface area contributed by atoms with Crippen LogP contribution in [-0.4, -0.2) is 18.1 Å². The van der Waals surface area contributed by atoms with Gasteiger partial charge in [-0.1, -0.05) is 27.2 Å². The topological polar surface area (TPSA) is 16.1 Å². The molecule has 0 unspecified atom stereocenters. The zero-order chi connectivity index (χ0) is 15.2. The second kappa shape index (κ2) is 7.50. The number of hydrogen-bond acceptors (Lipinski definition) is 2.